The van der Waals surface area contributed by atoms with Gasteiger partial charge < -0.3 is 10.2 Å². The van der Waals surface area contributed by atoms with Gasteiger partial charge in [-0.1, -0.05) is 17.8 Å². The second kappa shape index (κ2) is 8.88. The number of carbonyl (C=O) groups excluding carboxylic acids is 1. The van der Waals surface area contributed by atoms with E-state index in [1.807, 2.05) is 50.2 Å². The third-order valence-corrected chi connectivity index (χ3v) is 7.68. The van der Waals surface area contributed by atoms with Crippen molar-refractivity contribution in [2.45, 2.75) is 43.1 Å². The van der Waals surface area contributed by atoms with Gasteiger partial charge in [-0.2, -0.15) is 0 Å². The Labute approximate surface area is 190 Å². The van der Waals surface area contributed by atoms with Crippen molar-refractivity contribution < 1.29 is 4.79 Å². The predicted octanol–water partition coefficient (Wildman–Crippen LogP) is 4.32. The zero-order chi connectivity index (χ0) is 22.1. The molecule has 0 spiro atoms. The molecule has 2 heterocycles. The summed E-state index contributed by atoms with van der Waals surface area (Å²) in [6, 6.07) is 7.69. The summed E-state index contributed by atoms with van der Waals surface area (Å²) in [7, 11) is 3.95. The number of aryl methyl sites for hydroxylation is 2. The quantitative estimate of drug-likeness (QED) is 0.327. The van der Waals surface area contributed by atoms with E-state index in [4.69, 9.17) is 4.98 Å². The van der Waals surface area contributed by atoms with Crippen LogP contribution in [0.5, 0.6) is 0 Å². The van der Waals surface area contributed by atoms with Crippen molar-refractivity contribution in [3.63, 3.8) is 0 Å². The van der Waals surface area contributed by atoms with E-state index in [2.05, 4.69) is 11.9 Å². The Morgan fingerprint density at radius 2 is 2.10 bits per heavy atom. The molecule has 3 aromatic rings. The number of rotatable bonds is 7. The van der Waals surface area contributed by atoms with Crippen LogP contribution < -0.4 is 15.8 Å². The van der Waals surface area contributed by atoms with E-state index in [-0.39, 0.29) is 11.5 Å². The third kappa shape index (κ3) is 4.27. The normalized spacial score (nSPS) is 13.8. The van der Waals surface area contributed by atoms with Gasteiger partial charge in [-0.15, -0.1) is 17.9 Å². The van der Waals surface area contributed by atoms with Crippen molar-refractivity contribution in [1.29, 1.82) is 0 Å². The number of aromatic nitrogens is 2. The lowest BCUT2D eigenvalue weighted by atomic mass is 10.2. The number of thioether (sulfide) groups is 1. The van der Waals surface area contributed by atoms with Crippen LogP contribution in [0, 0.1) is 0 Å². The summed E-state index contributed by atoms with van der Waals surface area (Å²) in [5.41, 5.74) is 2.94. The molecule has 1 amide bonds. The molecular weight excluding hydrogens is 428 g/mol. The topological polar surface area (TPSA) is 67.2 Å². The van der Waals surface area contributed by atoms with Crippen molar-refractivity contribution in [1.82, 2.24) is 9.55 Å². The van der Waals surface area contributed by atoms with Gasteiger partial charge >= 0.3 is 0 Å². The molecule has 1 unspecified atom stereocenters. The van der Waals surface area contributed by atoms with E-state index < -0.39 is 5.25 Å². The molecule has 8 heteroatoms. The Morgan fingerprint density at radius 1 is 1.35 bits per heavy atom. The molecule has 2 aromatic heterocycles. The minimum absolute atomic E-state index is 0.0290. The van der Waals surface area contributed by atoms with E-state index in [0.29, 0.717) is 11.7 Å². The summed E-state index contributed by atoms with van der Waals surface area (Å²) >= 11 is 2.92. The van der Waals surface area contributed by atoms with Crippen LogP contribution in [0.15, 0.2) is 46.9 Å². The maximum absolute atomic E-state index is 13.3. The molecule has 1 N–H and O–H groups in total. The first-order valence-corrected chi connectivity index (χ1v) is 12.0. The Hall–Kier alpha value is -2.58. The molecule has 0 aliphatic heterocycles. The molecule has 1 aliphatic carbocycles. The van der Waals surface area contributed by atoms with Crippen molar-refractivity contribution in [2.24, 2.45) is 0 Å². The van der Waals surface area contributed by atoms with Crippen LogP contribution in [0.4, 0.5) is 11.4 Å². The number of benzene rings is 1. The van der Waals surface area contributed by atoms with Crippen molar-refractivity contribution in [2.75, 3.05) is 24.3 Å². The maximum Gasteiger partial charge on any atom is 0.263 e. The fourth-order valence-corrected chi connectivity index (χ4v) is 5.96. The van der Waals surface area contributed by atoms with E-state index in [0.717, 1.165) is 40.9 Å². The van der Waals surface area contributed by atoms with Gasteiger partial charge in [-0.05, 0) is 56.0 Å². The van der Waals surface area contributed by atoms with Gasteiger partial charge in [0.15, 0.2) is 5.16 Å². The van der Waals surface area contributed by atoms with E-state index in [1.54, 1.807) is 22.0 Å². The first-order chi connectivity index (χ1) is 14.9. The van der Waals surface area contributed by atoms with Gasteiger partial charge in [0, 0.05) is 36.9 Å². The van der Waals surface area contributed by atoms with Crippen molar-refractivity contribution in [3.8, 4) is 0 Å². The average molecular weight is 455 g/mol. The number of allylic oxidation sites excluding steroid dienone is 1. The summed E-state index contributed by atoms with van der Waals surface area (Å²) in [4.78, 5) is 34.9. The lowest BCUT2D eigenvalue weighted by Crippen LogP contribution is -2.26. The fraction of sp³-hybridized carbons (Fsp3) is 0.348. The molecule has 4 rings (SSSR count). The predicted molar refractivity (Wildman–Crippen MR) is 131 cm³/mol. The standard InChI is InChI=1S/C23H26N4O2S2/c1-5-13-27-22(29)19-17-7-6-8-18(17)31-21(19)25-23(27)30-14(2)20(28)24-15-9-11-16(12-10-15)26(3)4/h5,9-12,14H,1,6-8,13H2,2-4H3,(H,24,28). The minimum Gasteiger partial charge on any atom is -0.378 e. The number of nitrogens with zero attached hydrogens (tertiary/aromatic N) is 3. The highest BCUT2D eigenvalue weighted by Crippen LogP contribution is 2.36. The molecule has 1 aliphatic rings. The van der Waals surface area contributed by atoms with Gasteiger partial charge in [0.1, 0.15) is 4.83 Å². The summed E-state index contributed by atoms with van der Waals surface area (Å²) < 4.78 is 1.64. The van der Waals surface area contributed by atoms with E-state index in [9.17, 15) is 9.59 Å². The van der Waals surface area contributed by atoms with E-state index >= 15 is 0 Å². The maximum atomic E-state index is 13.3. The van der Waals surface area contributed by atoms with Gasteiger partial charge in [0.25, 0.3) is 5.56 Å². The highest BCUT2D eigenvalue weighted by atomic mass is 32.2. The summed E-state index contributed by atoms with van der Waals surface area (Å²) in [5.74, 6) is -0.129. The van der Waals surface area contributed by atoms with E-state index in [1.165, 1.54) is 22.2 Å². The zero-order valence-corrected chi connectivity index (χ0v) is 19.6. The van der Waals surface area contributed by atoms with Gasteiger partial charge in [0.2, 0.25) is 5.91 Å². The van der Waals surface area contributed by atoms with Crippen molar-refractivity contribution >= 4 is 50.6 Å². The number of carbonyl (C=O) groups is 1. The number of amides is 1. The van der Waals surface area contributed by atoms with Crippen LogP contribution in [0.25, 0.3) is 10.2 Å². The smallest absolute Gasteiger partial charge is 0.263 e. The summed E-state index contributed by atoms with van der Waals surface area (Å²) in [6.45, 7) is 5.99. The highest BCUT2D eigenvalue weighted by molar-refractivity contribution is 8.00. The number of anilines is 2. The van der Waals surface area contributed by atoms with Crippen molar-refractivity contribution in [3.05, 3.63) is 57.7 Å². The molecule has 0 saturated carbocycles. The summed E-state index contributed by atoms with van der Waals surface area (Å²) in [6.07, 6.45) is 4.76. The largest absolute Gasteiger partial charge is 0.378 e. The molecule has 0 radical (unpaired) electrons. The highest BCUT2D eigenvalue weighted by Gasteiger charge is 2.25. The SMILES string of the molecule is C=CCn1c(SC(C)C(=O)Nc2ccc(N(C)C)cc2)nc2sc3c(c2c1=O)CCC3. The molecule has 6 nitrogen and oxygen atoms in total. The molecule has 0 saturated heterocycles. The first kappa shape index (κ1) is 21.6. The monoisotopic (exact) mass is 454 g/mol. The summed E-state index contributed by atoms with van der Waals surface area (Å²) in [5, 5.41) is 3.85. The molecule has 0 bridgehead atoms. The van der Waals surface area contributed by atoms with Crippen LogP contribution in [0.1, 0.15) is 23.8 Å². The Balaban J connectivity index is 1.58. The van der Waals surface area contributed by atoms with Crippen LogP contribution in [-0.2, 0) is 24.2 Å². The number of fused-ring (bicyclic) bond motifs is 3. The molecule has 162 valence electrons. The third-order valence-electron chi connectivity index (χ3n) is 5.40. The van der Waals surface area contributed by atoms with Crippen LogP contribution in [0.3, 0.4) is 0 Å². The second-order valence-corrected chi connectivity index (χ2v) is 10.2. The molecule has 1 atom stereocenters. The number of hydrogen-bond acceptors (Lipinski definition) is 6. The van der Waals surface area contributed by atoms with Crippen LogP contribution in [-0.4, -0.2) is 34.8 Å². The molecular formula is C23H26N4O2S2. The van der Waals surface area contributed by atoms with Crippen LogP contribution in [0.2, 0.25) is 0 Å². The second-order valence-electron chi connectivity index (χ2n) is 7.83. The molecule has 1 aromatic carbocycles. The molecule has 0 fully saturated rings. The Kier molecular flexibility index (Phi) is 6.20. The fourth-order valence-electron chi connectivity index (χ4n) is 3.74. The number of thiophene rings is 1. The minimum atomic E-state index is -0.416. The average Bonchev–Trinajstić information content (AvgIpc) is 3.32. The Bertz CT molecular complexity index is 1190. The van der Waals surface area contributed by atoms with Gasteiger partial charge in [-0.25, -0.2) is 4.98 Å². The lowest BCUT2D eigenvalue weighted by Gasteiger charge is -2.16. The number of hydrogen-bond donors (Lipinski definition) is 1. The Morgan fingerprint density at radius 3 is 2.77 bits per heavy atom. The zero-order valence-electron chi connectivity index (χ0n) is 18.0. The number of nitrogens with one attached hydrogen (secondary N) is 1. The first-order valence-electron chi connectivity index (χ1n) is 10.3. The lowest BCUT2D eigenvalue weighted by molar-refractivity contribution is -0.115. The molecule has 31 heavy (non-hydrogen) atoms. The van der Waals surface area contributed by atoms with Gasteiger partial charge in [-0.3, -0.25) is 14.2 Å². The van der Waals surface area contributed by atoms with Gasteiger partial charge in [0.05, 0.1) is 10.6 Å². The van der Waals surface area contributed by atoms with Crippen LogP contribution >= 0.6 is 23.1 Å².